The third-order valence-electron chi connectivity index (χ3n) is 14.6. The van der Waals surface area contributed by atoms with Gasteiger partial charge in [0.1, 0.15) is 0 Å². The van der Waals surface area contributed by atoms with E-state index in [-0.39, 0.29) is 33.2 Å². The highest BCUT2D eigenvalue weighted by Gasteiger charge is 2.67. The number of allylic oxidation sites excluding steroid dienone is 8. The molecular weight excluding hydrogens is 592 g/mol. The molecule has 0 amide bonds. The van der Waals surface area contributed by atoms with Crippen LogP contribution in [0.3, 0.4) is 0 Å². The lowest BCUT2D eigenvalue weighted by Gasteiger charge is -2.69. The van der Waals surface area contributed by atoms with Crippen LogP contribution in [0.15, 0.2) is 53.2 Å². The van der Waals surface area contributed by atoms with Crippen molar-refractivity contribution in [3.05, 3.63) is 69.9 Å². The summed E-state index contributed by atoms with van der Waals surface area (Å²) in [6.45, 7) is 22.6. The van der Waals surface area contributed by atoms with Gasteiger partial charge in [0.05, 0.1) is 5.41 Å². The van der Waals surface area contributed by atoms with Crippen LogP contribution in [0.5, 0.6) is 11.5 Å². The van der Waals surface area contributed by atoms with E-state index in [1.807, 2.05) is 19.9 Å². The first-order valence-corrected chi connectivity index (χ1v) is 18.7. The van der Waals surface area contributed by atoms with E-state index in [0.29, 0.717) is 11.3 Å². The molecule has 0 bridgehead atoms. The Morgan fingerprint density at radius 1 is 0.812 bits per heavy atom. The lowest BCUT2D eigenvalue weighted by molar-refractivity contribution is -0.177. The molecule has 1 aromatic rings. The van der Waals surface area contributed by atoms with Crippen molar-refractivity contribution in [2.75, 3.05) is 0 Å². The molecule has 3 fully saturated rings. The van der Waals surface area contributed by atoms with Gasteiger partial charge in [-0.15, -0.1) is 0 Å². The number of carboxylic acid groups (broad SMARTS) is 1. The van der Waals surface area contributed by atoms with Gasteiger partial charge in [-0.05, 0) is 155 Å². The number of aromatic hydroxyl groups is 2. The van der Waals surface area contributed by atoms with Crippen molar-refractivity contribution >= 4 is 5.97 Å². The van der Waals surface area contributed by atoms with E-state index in [0.717, 1.165) is 75.3 Å². The molecule has 0 aromatic heterocycles. The number of phenolic OH excluding ortho intramolecular Hbond substituents is 2. The van der Waals surface area contributed by atoms with E-state index in [1.54, 1.807) is 0 Å². The Labute approximate surface area is 291 Å². The zero-order valence-electron chi connectivity index (χ0n) is 31.8. The summed E-state index contributed by atoms with van der Waals surface area (Å²) in [5.74, 6) is -0.282. The first-order chi connectivity index (χ1) is 22.2. The Morgan fingerprint density at radius 3 is 2.19 bits per heavy atom. The van der Waals surface area contributed by atoms with Gasteiger partial charge in [0.15, 0.2) is 11.5 Å². The maximum Gasteiger partial charge on any atom is 0.309 e. The van der Waals surface area contributed by atoms with Gasteiger partial charge in [-0.25, -0.2) is 0 Å². The molecule has 0 saturated heterocycles. The number of carbonyl (C=O) groups is 1. The average Bonchev–Trinajstić information content (AvgIpc) is 3.04. The molecule has 0 spiro atoms. The predicted molar refractivity (Wildman–Crippen MR) is 198 cm³/mol. The largest absolute Gasteiger partial charge is 0.504 e. The summed E-state index contributed by atoms with van der Waals surface area (Å²) in [5.41, 5.74) is 7.34. The van der Waals surface area contributed by atoms with E-state index < -0.39 is 11.4 Å². The van der Waals surface area contributed by atoms with Crippen molar-refractivity contribution < 1.29 is 20.1 Å². The van der Waals surface area contributed by atoms with E-state index in [9.17, 15) is 20.1 Å². The standard InChI is InChI=1S/C29H40O4.C15H24/c1-17-18-7-8-21-27(4,19(18)15-20(30)23(17)31)12-14-29(6)22-16-26(3,24(32)33)10-9-25(22,2)11-13-28(21,29)5;1-13-7-5-8-14(2)10-12-15(3,4)11-6-9-13/h8,15,22,30-31H,7,9-14,16H2,1-6H3,(H,32,33);6-7,10-11H,5,8-9,12H2,1-4H3. The minimum absolute atomic E-state index is 0.00431. The maximum absolute atomic E-state index is 12.3. The van der Waals surface area contributed by atoms with Crippen LogP contribution in [0.2, 0.25) is 0 Å². The highest BCUT2D eigenvalue weighted by Crippen LogP contribution is 2.74. The van der Waals surface area contributed by atoms with Crippen molar-refractivity contribution in [1.82, 2.24) is 0 Å². The van der Waals surface area contributed by atoms with Crippen molar-refractivity contribution in [2.45, 2.75) is 152 Å². The van der Waals surface area contributed by atoms with Gasteiger partial charge >= 0.3 is 5.97 Å². The fraction of sp³-hybridized carbons (Fsp3) is 0.659. The van der Waals surface area contributed by atoms with Crippen LogP contribution >= 0.6 is 0 Å². The minimum Gasteiger partial charge on any atom is -0.504 e. The summed E-state index contributed by atoms with van der Waals surface area (Å²) in [5, 5.41) is 30.9. The van der Waals surface area contributed by atoms with Gasteiger partial charge in [0, 0.05) is 5.41 Å². The molecule has 3 saturated carbocycles. The quantitative estimate of drug-likeness (QED) is 0.208. The molecule has 48 heavy (non-hydrogen) atoms. The maximum atomic E-state index is 12.3. The average molecular weight is 657 g/mol. The summed E-state index contributed by atoms with van der Waals surface area (Å²) in [4.78, 5) is 12.3. The van der Waals surface area contributed by atoms with Crippen LogP contribution < -0.4 is 0 Å². The third kappa shape index (κ3) is 6.13. The van der Waals surface area contributed by atoms with Crippen molar-refractivity contribution in [3.8, 4) is 11.5 Å². The molecule has 5 aliphatic carbocycles. The Morgan fingerprint density at radius 2 is 1.50 bits per heavy atom. The molecule has 6 rings (SSSR count). The van der Waals surface area contributed by atoms with E-state index in [4.69, 9.17) is 0 Å². The molecule has 264 valence electrons. The predicted octanol–water partition coefficient (Wildman–Crippen LogP) is 11.7. The van der Waals surface area contributed by atoms with Gasteiger partial charge < -0.3 is 15.3 Å². The number of benzene rings is 1. The monoisotopic (exact) mass is 656 g/mol. The number of rotatable bonds is 1. The lowest BCUT2D eigenvalue weighted by Crippen LogP contribution is -2.62. The summed E-state index contributed by atoms with van der Waals surface area (Å²) >= 11 is 0. The molecular formula is C44H64O4. The Bertz CT molecular complexity index is 1570. The van der Waals surface area contributed by atoms with Crippen LogP contribution in [-0.2, 0) is 16.6 Å². The Balaban J connectivity index is 0.000000253. The second-order valence-electron chi connectivity index (χ2n) is 18.5. The first kappa shape index (κ1) is 36.5. The zero-order valence-corrected chi connectivity index (χ0v) is 31.8. The van der Waals surface area contributed by atoms with E-state index >= 15 is 0 Å². The SMILES string of the molecule is CC1=CCCC(C)=CCC(C)(C)C=CC1.Cc1c(O)c(O)cc2c1CC=C1C2(C)CCC2(C)C3CC(C)(C(=O)O)CCC3(C)CCC12C. The second kappa shape index (κ2) is 12.5. The topological polar surface area (TPSA) is 77.8 Å². The van der Waals surface area contributed by atoms with Crippen LogP contribution in [0, 0.1) is 39.9 Å². The molecule has 1 aromatic carbocycles. The molecule has 5 aliphatic rings. The van der Waals surface area contributed by atoms with Crippen molar-refractivity contribution in [1.29, 1.82) is 0 Å². The van der Waals surface area contributed by atoms with Gasteiger partial charge in [-0.2, -0.15) is 0 Å². The molecule has 4 heteroatoms. The number of carboxylic acids is 1. The summed E-state index contributed by atoms with van der Waals surface area (Å²) in [6.07, 6.45) is 24.2. The van der Waals surface area contributed by atoms with Gasteiger partial charge in [-0.3, -0.25) is 4.79 Å². The number of aliphatic carboxylic acids is 1. The normalized spacial score (nSPS) is 37.4. The fourth-order valence-electron chi connectivity index (χ4n) is 10.7. The van der Waals surface area contributed by atoms with Crippen LogP contribution in [0.4, 0.5) is 0 Å². The highest BCUT2D eigenvalue weighted by atomic mass is 16.4. The second-order valence-corrected chi connectivity index (χ2v) is 18.5. The molecule has 0 heterocycles. The molecule has 0 radical (unpaired) electrons. The fourth-order valence-corrected chi connectivity index (χ4v) is 10.7. The Kier molecular flexibility index (Phi) is 9.54. The van der Waals surface area contributed by atoms with Gasteiger partial charge in [0.25, 0.3) is 0 Å². The number of fused-ring (bicyclic) bond motifs is 7. The molecule has 3 N–H and O–H groups in total. The first-order valence-electron chi connectivity index (χ1n) is 18.7. The third-order valence-corrected chi connectivity index (χ3v) is 14.6. The van der Waals surface area contributed by atoms with Crippen LogP contribution in [-0.4, -0.2) is 21.3 Å². The summed E-state index contributed by atoms with van der Waals surface area (Å²) in [7, 11) is 0. The summed E-state index contributed by atoms with van der Waals surface area (Å²) < 4.78 is 0. The van der Waals surface area contributed by atoms with Crippen LogP contribution in [0.1, 0.15) is 150 Å². The Hall–Kier alpha value is -2.75. The van der Waals surface area contributed by atoms with E-state index in [2.05, 4.69) is 85.8 Å². The van der Waals surface area contributed by atoms with E-state index in [1.165, 1.54) is 35.1 Å². The number of phenols is 2. The van der Waals surface area contributed by atoms with Crippen molar-refractivity contribution in [2.24, 2.45) is 33.0 Å². The summed E-state index contributed by atoms with van der Waals surface area (Å²) in [6, 6.07) is 1.81. The van der Waals surface area contributed by atoms with Gasteiger partial charge in [-0.1, -0.05) is 88.6 Å². The molecule has 0 aliphatic heterocycles. The molecule has 6 atom stereocenters. The van der Waals surface area contributed by atoms with Crippen molar-refractivity contribution in [3.63, 3.8) is 0 Å². The molecule has 4 nitrogen and oxygen atoms in total. The lowest BCUT2D eigenvalue weighted by atomic mass is 9.34. The smallest absolute Gasteiger partial charge is 0.309 e. The van der Waals surface area contributed by atoms with Gasteiger partial charge in [0.2, 0.25) is 0 Å². The minimum atomic E-state index is -0.641. The van der Waals surface area contributed by atoms with Crippen LogP contribution in [0.25, 0.3) is 0 Å². The number of hydrogen-bond donors (Lipinski definition) is 3. The highest BCUT2D eigenvalue weighted by molar-refractivity contribution is 5.74. The molecule has 6 unspecified atom stereocenters. The number of hydrogen-bond acceptors (Lipinski definition) is 3. The zero-order chi connectivity index (χ0) is 35.5.